The Labute approximate surface area is 124 Å². The molecule has 0 bridgehead atoms. The van der Waals surface area contributed by atoms with E-state index in [1.807, 2.05) is 30.5 Å². The minimum Gasteiger partial charge on any atom is -0.352 e. The molecule has 0 saturated heterocycles. The van der Waals surface area contributed by atoms with Crippen LogP contribution in [0.3, 0.4) is 0 Å². The van der Waals surface area contributed by atoms with Crippen molar-refractivity contribution in [2.24, 2.45) is 0 Å². The van der Waals surface area contributed by atoms with Crippen molar-refractivity contribution in [3.8, 4) is 0 Å². The van der Waals surface area contributed by atoms with Gasteiger partial charge in [-0.3, -0.25) is 4.79 Å². The molecule has 104 valence electrons. The number of carbonyl (C=O) groups is 1. The van der Waals surface area contributed by atoms with Gasteiger partial charge in [-0.1, -0.05) is 24.3 Å². The first-order valence-corrected chi connectivity index (χ1v) is 7.59. The van der Waals surface area contributed by atoms with Crippen LogP contribution in [-0.2, 0) is 11.2 Å². The molecule has 1 aromatic carbocycles. The van der Waals surface area contributed by atoms with Crippen LogP contribution in [0.5, 0.6) is 0 Å². The van der Waals surface area contributed by atoms with Gasteiger partial charge in [0.25, 0.3) is 0 Å². The lowest BCUT2D eigenvalue weighted by Crippen LogP contribution is -2.23. The van der Waals surface area contributed by atoms with Crippen molar-refractivity contribution in [2.45, 2.75) is 20.3 Å². The number of benzene rings is 1. The molecule has 20 heavy (non-hydrogen) atoms. The van der Waals surface area contributed by atoms with Gasteiger partial charge >= 0.3 is 0 Å². The standard InChI is InChI=1S/C17H19NOS/c1-13-5-3-4-6-15(13)9-11-18-17(19)8-7-16-14(2)10-12-20-16/h3-8,10,12H,9,11H2,1-2H3,(H,18,19)/b8-7+. The van der Waals surface area contributed by atoms with Gasteiger partial charge in [0.05, 0.1) is 0 Å². The molecular formula is C17H19NOS. The van der Waals surface area contributed by atoms with Crippen LogP contribution in [-0.4, -0.2) is 12.5 Å². The average molecular weight is 285 g/mol. The predicted octanol–water partition coefficient (Wildman–Crippen LogP) is 3.74. The van der Waals surface area contributed by atoms with Crippen molar-refractivity contribution in [1.29, 1.82) is 0 Å². The quantitative estimate of drug-likeness (QED) is 0.833. The Kier molecular flexibility index (Phi) is 5.13. The van der Waals surface area contributed by atoms with E-state index in [0.717, 1.165) is 11.3 Å². The van der Waals surface area contributed by atoms with Gasteiger partial charge in [-0.05, 0) is 54.5 Å². The van der Waals surface area contributed by atoms with E-state index in [4.69, 9.17) is 0 Å². The maximum absolute atomic E-state index is 11.7. The fourth-order valence-electron chi connectivity index (χ4n) is 1.98. The summed E-state index contributed by atoms with van der Waals surface area (Å²) in [6, 6.07) is 10.3. The van der Waals surface area contributed by atoms with E-state index in [2.05, 4.69) is 30.4 Å². The van der Waals surface area contributed by atoms with Crippen LogP contribution in [0.15, 0.2) is 41.8 Å². The SMILES string of the molecule is Cc1ccccc1CCNC(=O)/C=C/c1sccc1C. The second kappa shape index (κ2) is 7.06. The summed E-state index contributed by atoms with van der Waals surface area (Å²) in [6.45, 7) is 4.81. The number of amides is 1. The van der Waals surface area contributed by atoms with Crippen LogP contribution >= 0.6 is 11.3 Å². The average Bonchev–Trinajstić information content (AvgIpc) is 2.84. The van der Waals surface area contributed by atoms with Crippen LogP contribution in [0.25, 0.3) is 6.08 Å². The Hall–Kier alpha value is -1.87. The molecule has 0 unspecified atom stereocenters. The molecule has 2 nitrogen and oxygen atoms in total. The summed E-state index contributed by atoms with van der Waals surface area (Å²) in [4.78, 5) is 12.9. The first-order valence-electron chi connectivity index (χ1n) is 6.71. The third kappa shape index (κ3) is 4.07. The molecular weight excluding hydrogens is 266 g/mol. The van der Waals surface area contributed by atoms with Gasteiger partial charge in [-0.25, -0.2) is 0 Å². The van der Waals surface area contributed by atoms with Gasteiger partial charge in [-0.15, -0.1) is 11.3 Å². The molecule has 0 saturated carbocycles. The maximum Gasteiger partial charge on any atom is 0.244 e. The third-order valence-electron chi connectivity index (χ3n) is 3.24. The number of nitrogens with one attached hydrogen (secondary N) is 1. The van der Waals surface area contributed by atoms with Crippen LogP contribution < -0.4 is 5.32 Å². The van der Waals surface area contributed by atoms with Gasteiger partial charge < -0.3 is 5.32 Å². The summed E-state index contributed by atoms with van der Waals surface area (Å²) in [7, 11) is 0. The van der Waals surface area contributed by atoms with Crippen molar-refractivity contribution in [3.63, 3.8) is 0 Å². The van der Waals surface area contributed by atoms with Crippen LogP contribution in [0.1, 0.15) is 21.6 Å². The molecule has 1 aromatic heterocycles. The molecule has 0 atom stereocenters. The molecule has 1 amide bonds. The summed E-state index contributed by atoms with van der Waals surface area (Å²) >= 11 is 1.65. The lowest BCUT2D eigenvalue weighted by Gasteiger charge is -2.05. The number of hydrogen-bond acceptors (Lipinski definition) is 2. The number of aryl methyl sites for hydroxylation is 2. The fourth-order valence-corrected chi connectivity index (χ4v) is 2.80. The van der Waals surface area contributed by atoms with Crippen molar-refractivity contribution in [2.75, 3.05) is 6.54 Å². The Balaban J connectivity index is 1.80. The van der Waals surface area contributed by atoms with E-state index in [9.17, 15) is 4.79 Å². The molecule has 2 aromatic rings. The summed E-state index contributed by atoms with van der Waals surface area (Å²) in [5, 5.41) is 4.95. The van der Waals surface area contributed by atoms with Crippen LogP contribution in [0.2, 0.25) is 0 Å². The Morgan fingerprint density at radius 3 is 2.70 bits per heavy atom. The van der Waals surface area contributed by atoms with Gasteiger partial charge in [0.2, 0.25) is 5.91 Å². The predicted molar refractivity (Wildman–Crippen MR) is 86.0 cm³/mol. The zero-order valence-electron chi connectivity index (χ0n) is 11.8. The molecule has 0 spiro atoms. The Morgan fingerprint density at radius 2 is 2.00 bits per heavy atom. The van der Waals surface area contributed by atoms with E-state index in [1.165, 1.54) is 16.7 Å². The molecule has 3 heteroatoms. The molecule has 1 N–H and O–H groups in total. The first kappa shape index (κ1) is 14.5. The number of thiophene rings is 1. The van der Waals surface area contributed by atoms with Gasteiger partial charge in [0.1, 0.15) is 0 Å². The molecule has 0 fully saturated rings. The fraction of sp³-hybridized carbons (Fsp3) is 0.235. The zero-order chi connectivity index (χ0) is 14.4. The topological polar surface area (TPSA) is 29.1 Å². The van der Waals surface area contributed by atoms with Gasteiger partial charge in [0.15, 0.2) is 0 Å². The van der Waals surface area contributed by atoms with Crippen LogP contribution in [0.4, 0.5) is 0 Å². The van der Waals surface area contributed by atoms with E-state index in [1.54, 1.807) is 17.4 Å². The van der Waals surface area contributed by atoms with Gasteiger partial charge in [-0.2, -0.15) is 0 Å². The second-order valence-electron chi connectivity index (χ2n) is 4.77. The highest BCUT2D eigenvalue weighted by molar-refractivity contribution is 7.11. The molecule has 0 aliphatic carbocycles. The zero-order valence-corrected chi connectivity index (χ0v) is 12.7. The maximum atomic E-state index is 11.7. The summed E-state index contributed by atoms with van der Waals surface area (Å²) < 4.78 is 0. The highest BCUT2D eigenvalue weighted by atomic mass is 32.1. The minimum absolute atomic E-state index is 0.0358. The molecule has 0 radical (unpaired) electrons. The minimum atomic E-state index is -0.0358. The smallest absolute Gasteiger partial charge is 0.244 e. The summed E-state index contributed by atoms with van der Waals surface area (Å²) in [5.74, 6) is -0.0358. The Bertz CT molecular complexity index is 613. The summed E-state index contributed by atoms with van der Waals surface area (Å²) in [6.07, 6.45) is 4.35. The number of hydrogen-bond donors (Lipinski definition) is 1. The van der Waals surface area contributed by atoms with Crippen molar-refractivity contribution in [3.05, 3.63) is 63.4 Å². The van der Waals surface area contributed by atoms with Crippen molar-refractivity contribution < 1.29 is 4.79 Å². The van der Waals surface area contributed by atoms with E-state index in [0.29, 0.717) is 6.54 Å². The number of rotatable bonds is 5. The van der Waals surface area contributed by atoms with Gasteiger partial charge in [0, 0.05) is 17.5 Å². The third-order valence-corrected chi connectivity index (χ3v) is 4.23. The van der Waals surface area contributed by atoms with E-state index in [-0.39, 0.29) is 5.91 Å². The van der Waals surface area contributed by atoms with Crippen molar-refractivity contribution in [1.82, 2.24) is 5.32 Å². The summed E-state index contributed by atoms with van der Waals surface area (Å²) in [5.41, 5.74) is 3.76. The van der Waals surface area contributed by atoms with E-state index >= 15 is 0 Å². The molecule has 1 heterocycles. The highest BCUT2D eigenvalue weighted by Gasteiger charge is 2.00. The molecule has 2 rings (SSSR count). The lowest BCUT2D eigenvalue weighted by molar-refractivity contribution is -0.116. The normalized spacial score (nSPS) is 10.9. The Morgan fingerprint density at radius 1 is 1.20 bits per heavy atom. The second-order valence-corrected chi connectivity index (χ2v) is 5.72. The lowest BCUT2D eigenvalue weighted by atomic mass is 10.1. The monoisotopic (exact) mass is 285 g/mol. The van der Waals surface area contributed by atoms with E-state index < -0.39 is 0 Å². The number of carbonyl (C=O) groups excluding carboxylic acids is 1. The first-order chi connectivity index (χ1) is 9.66. The highest BCUT2D eigenvalue weighted by Crippen LogP contribution is 2.16. The molecule has 0 aliphatic heterocycles. The molecule has 0 aliphatic rings. The largest absolute Gasteiger partial charge is 0.352 e. The van der Waals surface area contributed by atoms with Crippen LogP contribution in [0, 0.1) is 13.8 Å². The van der Waals surface area contributed by atoms with Crippen molar-refractivity contribution >= 4 is 23.3 Å².